The SMILES string of the molecule is c1cnc2cc(-c3ccc(N(c4ccc5ccc6c7ccccc7oc6c5c4)c4ccc5ccc6c7ccccc7oc6c5c4)cc3)ccc2c1. The minimum atomic E-state index is 0.895. The Morgan fingerprint density at radius 1 is 0.373 bits per heavy atom. The van der Waals surface area contributed by atoms with Crippen LogP contribution in [0, 0.1) is 0 Å². The number of aromatic nitrogens is 1. The van der Waals surface area contributed by atoms with Gasteiger partial charge in [-0.3, -0.25) is 4.98 Å². The number of pyridine rings is 1. The fourth-order valence-corrected chi connectivity index (χ4v) is 7.75. The van der Waals surface area contributed by atoms with Crippen molar-refractivity contribution < 1.29 is 8.83 Å². The minimum Gasteiger partial charge on any atom is -0.455 e. The number of hydrogen-bond acceptors (Lipinski definition) is 4. The number of nitrogens with zero attached hydrogens (tertiary/aromatic N) is 2. The number of furan rings is 2. The zero-order chi connectivity index (χ0) is 33.5. The lowest BCUT2D eigenvalue weighted by Crippen LogP contribution is -2.10. The van der Waals surface area contributed by atoms with Crippen molar-refractivity contribution in [2.75, 3.05) is 4.90 Å². The van der Waals surface area contributed by atoms with Crippen LogP contribution < -0.4 is 4.90 Å². The van der Waals surface area contributed by atoms with Crippen LogP contribution >= 0.6 is 0 Å². The fourth-order valence-electron chi connectivity index (χ4n) is 7.75. The van der Waals surface area contributed by atoms with E-state index in [1.165, 1.54) is 0 Å². The van der Waals surface area contributed by atoms with E-state index < -0.39 is 0 Å². The molecule has 51 heavy (non-hydrogen) atoms. The van der Waals surface area contributed by atoms with Crippen LogP contribution in [0.15, 0.2) is 179 Å². The van der Waals surface area contributed by atoms with E-state index >= 15 is 0 Å². The maximum atomic E-state index is 6.51. The molecule has 0 aliphatic rings. The van der Waals surface area contributed by atoms with Crippen molar-refractivity contribution in [3.05, 3.63) is 170 Å². The van der Waals surface area contributed by atoms with Crippen molar-refractivity contribution in [2.24, 2.45) is 0 Å². The second-order valence-electron chi connectivity index (χ2n) is 13.2. The van der Waals surface area contributed by atoms with Gasteiger partial charge in [-0.1, -0.05) is 91.0 Å². The summed E-state index contributed by atoms with van der Waals surface area (Å²) >= 11 is 0. The monoisotopic (exact) mass is 652 g/mol. The molecule has 0 aliphatic carbocycles. The summed E-state index contributed by atoms with van der Waals surface area (Å²) in [4.78, 5) is 6.92. The van der Waals surface area contributed by atoms with E-state index in [9.17, 15) is 0 Å². The van der Waals surface area contributed by atoms with Gasteiger partial charge < -0.3 is 13.7 Å². The maximum Gasteiger partial charge on any atom is 0.143 e. The van der Waals surface area contributed by atoms with Gasteiger partial charge in [-0.25, -0.2) is 0 Å². The van der Waals surface area contributed by atoms with Gasteiger partial charge >= 0.3 is 0 Å². The standard InChI is InChI=1S/C47H28N2O2/c1-3-9-44-37(7-1)39-23-17-30-15-21-35(27-41(30)46(39)50-44)49(34-19-13-29(14-20-34)33-12-11-32-6-5-25-48-43(32)26-33)36-22-16-31-18-24-40-38-8-2-4-10-45(38)51-47(40)42(31)28-36/h1-28H. The summed E-state index contributed by atoms with van der Waals surface area (Å²) < 4.78 is 13.0. The Kier molecular flexibility index (Phi) is 5.92. The second-order valence-corrected chi connectivity index (χ2v) is 13.2. The lowest BCUT2D eigenvalue weighted by atomic mass is 10.0. The lowest BCUT2D eigenvalue weighted by Gasteiger charge is -2.26. The molecular formula is C47H28N2O2. The Balaban J connectivity index is 1.12. The van der Waals surface area contributed by atoms with Crippen molar-refractivity contribution in [1.29, 1.82) is 0 Å². The van der Waals surface area contributed by atoms with E-state index in [2.05, 4.69) is 143 Å². The molecule has 3 aromatic heterocycles. The van der Waals surface area contributed by atoms with E-state index in [-0.39, 0.29) is 0 Å². The highest BCUT2D eigenvalue weighted by Crippen LogP contribution is 2.42. The third-order valence-electron chi connectivity index (χ3n) is 10.3. The van der Waals surface area contributed by atoms with Gasteiger partial charge in [0.25, 0.3) is 0 Å². The molecule has 0 spiro atoms. The molecule has 4 nitrogen and oxygen atoms in total. The molecule has 0 radical (unpaired) electrons. The largest absolute Gasteiger partial charge is 0.455 e. The molecule has 0 aliphatic heterocycles. The molecule has 4 heteroatoms. The molecule has 0 atom stereocenters. The van der Waals surface area contributed by atoms with Crippen molar-refractivity contribution >= 4 is 93.4 Å². The van der Waals surface area contributed by atoms with Gasteiger partial charge in [0.2, 0.25) is 0 Å². The van der Waals surface area contributed by atoms with Crippen LogP contribution in [-0.2, 0) is 0 Å². The van der Waals surface area contributed by atoms with Gasteiger partial charge in [-0.15, -0.1) is 0 Å². The van der Waals surface area contributed by atoms with E-state index in [4.69, 9.17) is 8.83 Å². The van der Waals surface area contributed by atoms with Crippen molar-refractivity contribution in [3.63, 3.8) is 0 Å². The molecule has 3 heterocycles. The Hall–Kier alpha value is -6.91. The molecule has 0 saturated heterocycles. The Morgan fingerprint density at radius 3 is 1.53 bits per heavy atom. The van der Waals surface area contributed by atoms with Crippen molar-refractivity contribution in [2.45, 2.75) is 0 Å². The molecule has 238 valence electrons. The normalized spacial score (nSPS) is 11.9. The van der Waals surface area contributed by atoms with Crippen LogP contribution in [0.3, 0.4) is 0 Å². The van der Waals surface area contributed by atoms with Crippen LogP contribution in [0.2, 0.25) is 0 Å². The summed E-state index contributed by atoms with van der Waals surface area (Å²) in [6.07, 6.45) is 1.85. The lowest BCUT2D eigenvalue weighted by molar-refractivity contribution is 0.672. The predicted octanol–water partition coefficient (Wildman–Crippen LogP) is 13.5. The number of anilines is 3. The fraction of sp³-hybridized carbons (Fsp3) is 0. The molecule has 11 aromatic rings. The first-order chi connectivity index (χ1) is 25.2. The average molecular weight is 653 g/mol. The topological polar surface area (TPSA) is 42.4 Å². The summed E-state index contributed by atoms with van der Waals surface area (Å²) in [6.45, 7) is 0. The van der Waals surface area contributed by atoms with Gasteiger partial charge in [0.05, 0.1) is 5.52 Å². The first-order valence-electron chi connectivity index (χ1n) is 17.2. The molecule has 0 unspecified atom stereocenters. The quantitative estimate of drug-likeness (QED) is 0.190. The van der Waals surface area contributed by atoms with Crippen LogP contribution in [0.1, 0.15) is 0 Å². The molecule has 8 aromatic carbocycles. The number of para-hydroxylation sites is 2. The number of rotatable bonds is 4. The molecule has 0 fully saturated rings. The Bertz CT molecular complexity index is 3000. The first-order valence-corrected chi connectivity index (χ1v) is 17.2. The minimum absolute atomic E-state index is 0.895. The zero-order valence-electron chi connectivity index (χ0n) is 27.4. The molecular weight excluding hydrogens is 625 g/mol. The van der Waals surface area contributed by atoms with Gasteiger partial charge in [0.1, 0.15) is 22.3 Å². The average Bonchev–Trinajstić information content (AvgIpc) is 3.77. The molecule has 0 amide bonds. The Labute approximate surface area is 292 Å². The van der Waals surface area contributed by atoms with Crippen LogP contribution in [-0.4, -0.2) is 4.98 Å². The van der Waals surface area contributed by atoms with E-state index in [0.717, 1.165) is 105 Å². The van der Waals surface area contributed by atoms with E-state index in [1.807, 2.05) is 36.5 Å². The third kappa shape index (κ3) is 4.37. The van der Waals surface area contributed by atoms with Crippen molar-refractivity contribution in [1.82, 2.24) is 4.98 Å². The third-order valence-corrected chi connectivity index (χ3v) is 10.3. The highest BCUT2D eigenvalue weighted by Gasteiger charge is 2.18. The summed E-state index contributed by atoms with van der Waals surface area (Å²) in [5.41, 5.74) is 9.97. The molecule has 0 N–H and O–H groups in total. The summed E-state index contributed by atoms with van der Waals surface area (Å²) in [5.74, 6) is 0. The first kappa shape index (κ1) is 28.0. The van der Waals surface area contributed by atoms with Crippen LogP contribution in [0.5, 0.6) is 0 Å². The van der Waals surface area contributed by atoms with Gasteiger partial charge in [-0.2, -0.15) is 0 Å². The van der Waals surface area contributed by atoms with Crippen LogP contribution in [0.25, 0.3) is 87.5 Å². The summed E-state index contributed by atoms with van der Waals surface area (Å²) in [5, 5.41) is 10.0. The molecule has 11 rings (SSSR count). The highest BCUT2D eigenvalue weighted by atomic mass is 16.3. The Morgan fingerprint density at radius 2 is 0.902 bits per heavy atom. The maximum absolute atomic E-state index is 6.51. The zero-order valence-corrected chi connectivity index (χ0v) is 27.4. The highest BCUT2D eigenvalue weighted by molar-refractivity contribution is 6.17. The summed E-state index contributed by atoms with van der Waals surface area (Å²) in [7, 11) is 0. The van der Waals surface area contributed by atoms with Crippen LogP contribution in [0.4, 0.5) is 17.1 Å². The molecule has 0 bridgehead atoms. The van der Waals surface area contributed by atoms with E-state index in [1.54, 1.807) is 0 Å². The number of hydrogen-bond donors (Lipinski definition) is 0. The second kappa shape index (κ2) is 10.8. The summed E-state index contributed by atoms with van der Waals surface area (Å²) in [6, 6.07) is 57.9. The number of benzene rings is 8. The molecule has 0 saturated carbocycles. The predicted molar refractivity (Wildman–Crippen MR) is 211 cm³/mol. The van der Waals surface area contributed by atoms with Gasteiger partial charge in [0, 0.05) is 61.0 Å². The van der Waals surface area contributed by atoms with E-state index in [0.29, 0.717) is 0 Å². The van der Waals surface area contributed by atoms with Gasteiger partial charge in [0.15, 0.2) is 0 Å². The smallest absolute Gasteiger partial charge is 0.143 e. The number of fused-ring (bicyclic) bond motifs is 11. The van der Waals surface area contributed by atoms with Gasteiger partial charge in [-0.05, 0) is 94.7 Å². The van der Waals surface area contributed by atoms with Crippen molar-refractivity contribution in [3.8, 4) is 11.1 Å².